The van der Waals surface area contributed by atoms with Crippen molar-refractivity contribution in [2.24, 2.45) is 0 Å². The van der Waals surface area contributed by atoms with Crippen LogP contribution in [0.5, 0.6) is 0 Å². The highest BCUT2D eigenvalue weighted by atomic mass is 35.5. The molecule has 4 aromatic rings. The lowest BCUT2D eigenvalue weighted by Gasteiger charge is -2.34. The zero-order chi connectivity index (χ0) is 26.1. The number of carbonyl (C=O) groups is 2. The minimum atomic E-state index is -0.443. The third-order valence-corrected chi connectivity index (χ3v) is 9.00. The first-order valence-corrected chi connectivity index (χ1v) is 14.2. The number of nitrogens with one attached hydrogen (secondary N) is 1. The molecule has 37 heavy (non-hydrogen) atoms. The van der Waals surface area contributed by atoms with E-state index in [1.165, 1.54) is 18.4 Å². The summed E-state index contributed by atoms with van der Waals surface area (Å²) in [6.07, 6.45) is 3.63. The molecule has 1 saturated heterocycles. The molecule has 1 fully saturated rings. The Hall–Kier alpha value is -2.79. The molecule has 3 aromatic heterocycles. The maximum atomic E-state index is 13.5. The number of esters is 1. The van der Waals surface area contributed by atoms with Crippen LogP contribution in [0.4, 0.5) is 0 Å². The molecule has 4 heterocycles. The summed E-state index contributed by atoms with van der Waals surface area (Å²) in [4.78, 5) is 39.2. The van der Waals surface area contributed by atoms with Gasteiger partial charge in [0.15, 0.2) is 5.82 Å². The van der Waals surface area contributed by atoms with Crippen LogP contribution in [0.3, 0.4) is 0 Å². The van der Waals surface area contributed by atoms with Crippen molar-refractivity contribution in [3.8, 4) is 9.88 Å². The Balaban J connectivity index is 1.44. The highest BCUT2D eigenvalue weighted by Crippen LogP contribution is 2.34. The summed E-state index contributed by atoms with van der Waals surface area (Å²) < 4.78 is 7.48. The molecule has 0 bridgehead atoms. The normalized spacial score (nSPS) is 14.9. The Bertz CT molecular complexity index is 1440. The molecular weight excluding hydrogens is 530 g/mol. The number of imidazole rings is 1. The number of amides is 1. The highest BCUT2D eigenvalue weighted by molar-refractivity contribution is 7.23. The number of hydrogen-bond acceptors (Lipinski definition) is 8. The van der Waals surface area contributed by atoms with Crippen LogP contribution in [0, 0.1) is 0 Å². The summed E-state index contributed by atoms with van der Waals surface area (Å²) in [5.74, 6) is -0.341. The van der Waals surface area contributed by atoms with Gasteiger partial charge in [0.25, 0.3) is 5.91 Å². The number of piperidine rings is 1. The monoisotopic (exact) mass is 557 g/mol. The lowest BCUT2D eigenvalue weighted by molar-refractivity contribution is 0.0600. The Labute approximate surface area is 228 Å². The average molecular weight is 558 g/mol. The van der Waals surface area contributed by atoms with Gasteiger partial charge in [0.2, 0.25) is 0 Å². The second kappa shape index (κ2) is 10.9. The van der Waals surface area contributed by atoms with Crippen LogP contribution < -0.4 is 5.32 Å². The summed E-state index contributed by atoms with van der Waals surface area (Å²) in [7, 11) is 1.34. The number of methoxy groups -OCH3 is 1. The summed E-state index contributed by atoms with van der Waals surface area (Å²) >= 11 is 9.15. The first kappa shape index (κ1) is 25.8. The number of hydrogen-bond donors (Lipinski definition) is 1. The van der Waals surface area contributed by atoms with E-state index < -0.39 is 5.97 Å². The van der Waals surface area contributed by atoms with Crippen molar-refractivity contribution in [2.75, 3.05) is 20.2 Å². The molecule has 11 heteroatoms. The van der Waals surface area contributed by atoms with Gasteiger partial charge in [-0.1, -0.05) is 11.6 Å². The van der Waals surface area contributed by atoms with Crippen LogP contribution in [0.1, 0.15) is 52.5 Å². The maximum Gasteiger partial charge on any atom is 0.337 e. The molecule has 0 aliphatic carbocycles. The van der Waals surface area contributed by atoms with E-state index in [0.29, 0.717) is 33.8 Å². The molecule has 1 amide bonds. The number of halogens is 1. The predicted octanol–water partition coefficient (Wildman–Crippen LogP) is 5.31. The third-order valence-electron chi connectivity index (χ3n) is 6.62. The number of thiazole rings is 1. The van der Waals surface area contributed by atoms with Gasteiger partial charge in [0.1, 0.15) is 5.01 Å². The molecule has 1 aliphatic rings. The van der Waals surface area contributed by atoms with Gasteiger partial charge in [-0.2, -0.15) is 0 Å². The lowest BCUT2D eigenvalue weighted by atomic mass is 10.0. The Morgan fingerprint density at radius 1 is 1.19 bits per heavy atom. The number of aromatic nitrogens is 3. The number of fused-ring (bicyclic) bond motifs is 1. The fraction of sp³-hybridized carbons (Fsp3) is 0.385. The zero-order valence-electron chi connectivity index (χ0n) is 20.9. The van der Waals surface area contributed by atoms with Crippen molar-refractivity contribution >= 4 is 57.2 Å². The molecular formula is C26H28ClN5O3S2. The number of likely N-dealkylation sites (tertiary alicyclic amines) is 1. The third kappa shape index (κ3) is 5.57. The molecule has 5 rings (SSSR count). The van der Waals surface area contributed by atoms with Crippen LogP contribution in [0.15, 0.2) is 36.5 Å². The van der Waals surface area contributed by atoms with Crippen LogP contribution >= 0.6 is 34.3 Å². The number of nitrogens with zero attached hydrogens (tertiary/aromatic N) is 4. The van der Waals surface area contributed by atoms with Gasteiger partial charge >= 0.3 is 5.97 Å². The molecule has 8 nitrogen and oxygen atoms in total. The highest BCUT2D eigenvalue weighted by Gasteiger charge is 2.26. The topological polar surface area (TPSA) is 89.3 Å². The zero-order valence-corrected chi connectivity index (χ0v) is 23.3. The molecule has 0 atom stereocenters. The van der Waals surface area contributed by atoms with Crippen LogP contribution in [0.2, 0.25) is 4.34 Å². The number of ether oxygens (including phenoxy) is 1. The van der Waals surface area contributed by atoms with Crippen molar-refractivity contribution in [3.05, 3.63) is 57.1 Å². The van der Waals surface area contributed by atoms with E-state index in [4.69, 9.17) is 16.3 Å². The van der Waals surface area contributed by atoms with Gasteiger partial charge in [-0.25, -0.2) is 14.8 Å². The smallest absolute Gasteiger partial charge is 0.337 e. The quantitative estimate of drug-likeness (QED) is 0.310. The molecule has 1 aromatic carbocycles. The molecule has 1 N–H and O–H groups in total. The number of thiophene rings is 1. The van der Waals surface area contributed by atoms with Crippen molar-refractivity contribution in [2.45, 2.75) is 45.3 Å². The largest absolute Gasteiger partial charge is 0.465 e. The molecule has 0 saturated carbocycles. The number of carbonyl (C=O) groups excluding carboxylic acids is 2. The Kier molecular flexibility index (Phi) is 7.62. The van der Waals surface area contributed by atoms with E-state index >= 15 is 0 Å². The minimum absolute atomic E-state index is 0.0972. The Morgan fingerprint density at radius 3 is 2.65 bits per heavy atom. The van der Waals surface area contributed by atoms with Crippen LogP contribution in [0.25, 0.3) is 20.9 Å². The fourth-order valence-electron chi connectivity index (χ4n) is 4.60. The van der Waals surface area contributed by atoms with Crippen molar-refractivity contribution in [1.82, 2.24) is 24.8 Å². The SMILES string of the molecule is COC(=O)c1ccc2c(c1)nc(C(=O)NC1CCN(C(C)C)CC1)n2Cc1cnc(-c2ccc(Cl)s2)s1. The molecule has 0 radical (unpaired) electrons. The van der Waals surface area contributed by atoms with E-state index in [1.807, 2.05) is 29.0 Å². The van der Waals surface area contributed by atoms with Crippen LogP contribution in [-0.4, -0.2) is 63.6 Å². The van der Waals surface area contributed by atoms with Crippen molar-refractivity contribution in [1.29, 1.82) is 0 Å². The Morgan fingerprint density at radius 2 is 1.97 bits per heavy atom. The number of benzene rings is 1. The average Bonchev–Trinajstić information content (AvgIpc) is 3.62. The molecule has 0 unspecified atom stereocenters. The summed E-state index contributed by atoms with van der Waals surface area (Å²) in [6, 6.07) is 9.59. The van der Waals surface area contributed by atoms with E-state index in [-0.39, 0.29) is 11.9 Å². The minimum Gasteiger partial charge on any atom is -0.465 e. The standard InChI is InChI=1S/C26H28ClN5O3S2/c1-15(2)31-10-8-17(9-11-31)29-24(33)23-30-19-12-16(26(34)35-3)4-5-20(19)32(23)14-18-13-28-25(36-18)21-6-7-22(27)37-21/h4-7,12-13,15,17H,8-11,14H2,1-3H3,(H,29,33). The van der Waals surface area contributed by atoms with E-state index in [9.17, 15) is 9.59 Å². The lowest BCUT2D eigenvalue weighted by Crippen LogP contribution is -2.47. The van der Waals surface area contributed by atoms with E-state index in [1.54, 1.807) is 23.5 Å². The van der Waals surface area contributed by atoms with Crippen molar-refractivity contribution < 1.29 is 14.3 Å². The second-order valence-electron chi connectivity index (χ2n) is 9.33. The van der Waals surface area contributed by atoms with Gasteiger partial charge in [0.05, 0.1) is 39.5 Å². The molecule has 194 valence electrons. The molecule has 1 aliphatic heterocycles. The summed E-state index contributed by atoms with van der Waals surface area (Å²) in [5.41, 5.74) is 1.72. The van der Waals surface area contributed by atoms with Crippen LogP contribution in [-0.2, 0) is 11.3 Å². The van der Waals surface area contributed by atoms with Gasteiger partial charge in [-0.05, 0) is 57.0 Å². The summed E-state index contributed by atoms with van der Waals surface area (Å²) in [6.45, 7) is 6.73. The van der Waals surface area contributed by atoms with Gasteiger partial charge in [0, 0.05) is 36.2 Å². The predicted molar refractivity (Wildman–Crippen MR) is 148 cm³/mol. The van der Waals surface area contributed by atoms with E-state index in [2.05, 4.69) is 34.0 Å². The van der Waals surface area contributed by atoms with Gasteiger partial charge < -0.3 is 19.5 Å². The van der Waals surface area contributed by atoms with Gasteiger partial charge in [-0.15, -0.1) is 22.7 Å². The van der Waals surface area contributed by atoms with E-state index in [0.717, 1.165) is 46.2 Å². The fourth-order valence-corrected chi connectivity index (χ4v) is 6.60. The van der Waals surface area contributed by atoms with Crippen molar-refractivity contribution in [3.63, 3.8) is 0 Å². The summed E-state index contributed by atoms with van der Waals surface area (Å²) in [5, 5.41) is 4.08. The van der Waals surface area contributed by atoms with Gasteiger partial charge in [-0.3, -0.25) is 4.79 Å². The first-order valence-electron chi connectivity index (χ1n) is 12.2. The second-order valence-corrected chi connectivity index (χ2v) is 12.2. The molecule has 0 spiro atoms. The maximum absolute atomic E-state index is 13.5. The number of rotatable bonds is 7. The first-order chi connectivity index (χ1) is 17.8.